The number of aromatic nitrogens is 3. The van der Waals surface area contributed by atoms with Crippen molar-refractivity contribution in [3.8, 4) is 0 Å². The Hall–Kier alpha value is -2.31. The molecule has 0 bridgehead atoms. The van der Waals surface area contributed by atoms with Gasteiger partial charge in [0.1, 0.15) is 5.65 Å². The fourth-order valence-electron chi connectivity index (χ4n) is 2.55. The van der Waals surface area contributed by atoms with Crippen LogP contribution >= 0.6 is 0 Å². The molecule has 1 aliphatic heterocycles. The Morgan fingerprint density at radius 1 is 1.42 bits per heavy atom. The van der Waals surface area contributed by atoms with Gasteiger partial charge in [-0.15, -0.1) is 0 Å². The molecule has 100 valence electrons. The zero-order valence-corrected chi connectivity index (χ0v) is 10.2. The molecule has 0 atom stereocenters. The SMILES string of the molecule is O=C(O)N1CCC(c2cc(=O)n3nccc3[nH]2)CC1. The predicted molar refractivity (Wildman–Crippen MR) is 67.4 cm³/mol. The first-order valence-electron chi connectivity index (χ1n) is 6.20. The monoisotopic (exact) mass is 262 g/mol. The molecule has 7 nitrogen and oxygen atoms in total. The van der Waals surface area contributed by atoms with E-state index in [1.54, 1.807) is 18.3 Å². The van der Waals surface area contributed by atoms with Crippen molar-refractivity contribution in [2.45, 2.75) is 18.8 Å². The third-order valence-corrected chi connectivity index (χ3v) is 3.61. The van der Waals surface area contributed by atoms with E-state index in [-0.39, 0.29) is 11.5 Å². The summed E-state index contributed by atoms with van der Waals surface area (Å²) in [6.07, 6.45) is 2.15. The van der Waals surface area contributed by atoms with Gasteiger partial charge in [0.05, 0.1) is 6.20 Å². The molecule has 0 saturated carbocycles. The van der Waals surface area contributed by atoms with Crippen LogP contribution in [-0.4, -0.2) is 43.8 Å². The number of amides is 1. The van der Waals surface area contributed by atoms with Gasteiger partial charge in [-0.2, -0.15) is 9.61 Å². The van der Waals surface area contributed by atoms with Crippen LogP contribution in [0.2, 0.25) is 0 Å². The molecule has 0 aliphatic carbocycles. The summed E-state index contributed by atoms with van der Waals surface area (Å²) in [7, 11) is 0. The largest absolute Gasteiger partial charge is 0.465 e. The average molecular weight is 262 g/mol. The van der Waals surface area contributed by atoms with E-state index in [0.29, 0.717) is 18.7 Å². The van der Waals surface area contributed by atoms with Crippen molar-refractivity contribution in [1.82, 2.24) is 19.5 Å². The molecule has 1 fully saturated rings. The molecule has 2 aromatic heterocycles. The fourth-order valence-corrected chi connectivity index (χ4v) is 2.55. The van der Waals surface area contributed by atoms with E-state index < -0.39 is 6.09 Å². The van der Waals surface area contributed by atoms with Gasteiger partial charge in [0.2, 0.25) is 0 Å². The lowest BCUT2D eigenvalue weighted by atomic mass is 9.93. The number of nitrogens with one attached hydrogen (secondary N) is 1. The molecular formula is C12H14N4O3. The minimum atomic E-state index is -0.877. The molecule has 0 unspecified atom stereocenters. The summed E-state index contributed by atoms with van der Waals surface area (Å²) in [5.41, 5.74) is 1.38. The lowest BCUT2D eigenvalue weighted by molar-refractivity contribution is 0.131. The number of carbonyl (C=O) groups is 1. The highest BCUT2D eigenvalue weighted by Gasteiger charge is 2.24. The minimum Gasteiger partial charge on any atom is -0.465 e. The van der Waals surface area contributed by atoms with Gasteiger partial charge in [-0.1, -0.05) is 0 Å². The average Bonchev–Trinajstić information content (AvgIpc) is 2.87. The number of piperidine rings is 1. The van der Waals surface area contributed by atoms with Crippen LogP contribution in [0.5, 0.6) is 0 Å². The molecular weight excluding hydrogens is 248 g/mol. The van der Waals surface area contributed by atoms with Crippen molar-refractivity contribution >= 4 is 11.7 Å². The number of hydrogen-bond donors (Lipinski definition) is 2. The van der Waals surface area contributed by atoms with E-state index in [2.05, 4.69) is 10.1 Å². The summed E-state index contributed by atoms with van der Waals surface area (Å²) in [6.45, 7) is 1.01. The number of aromatic amines is 1. The molecule has 2 aromatic rings. The first-order chi connectivity index (χ1) is 9.15. The standard InChI is InChI=1S/C12H14N4O3/c17-11-7-9(14-10-1-4-13-16(10)11)8-2-5-15(6-3-8)12(18)19/h1,4,7-8,14H,2-3,5-6H2,(H,18,19). The van der Waals surface area contributed by atoms with Gasteiger partial charge < -0.3 is 15.0 Å². The Labute approximate surface area is 108 Å². The van der Waals surface area contributed by atoms with E-state index >= 15 is 0 Å². The van der Waals surface area contributed by atoms with Gasteiger partial charge in [0.15, 0.2) is 0 Å². The first kappa shape index (κ1) is 11.8. The van der Waals surface area contributed by atoms with Crippen molar-refractivity contribution in [2.24, 2.45) is 0 Å². The van der Waals surface area contributed by atoms with Gasteiger partial charge in [-0.05, 0) is 12.8 Å². The molecule has 3 rings (SSSR count). The topological polar surface area (TPSA) is 90.7 Å². The number of rotatable bonds is 1. The molecule has 3 heterocycles. The molecule has 19 heavy (non-hydrogen) atoms. The highest BCUT2D eigenvalue weighted by molar-refractivity contribution is 5.65. The van der Waals surface area contributed by atoms with Crippen LogP contribution in [0.25, 0.3) is 5.65 Å². The number of H-pyrrole nitrogens is 1. The van der Waals surface area contributed by atoms with Crippen LogP contribution in [0, 0.1) is 0 Å². The third-order valence-electron chi connectivity index (χ3n) is 3.61. The van der Waals surface area contributed by atoms with Gasteiger partial charge in [-0.25, -0.2) is 4.79 Å². The summed E-state index contributed by atoms with van der Waals surface area (Å²) in [4.78, 5) is 27.3. The zero-order chi connectivity index (χ0) is 13.4. The van der Waals surface area contributed by atoms with Gasteiger partial charge in [0, 0.05) is 36.8 Å². The number of nitrogens with zero attached hydrogens (tertiary/aromatic N) is 3. The summed E-state index contributed by atoms with van der Waals surface area (Å²) in [5, 5.41) is 12.8. The highest BCUT2D eigenvalue weighted by atomic mass is 16.4. The summed E-state index contributed by atoms with van der Waals surface area (Å²) < 4.78 is 1.32. The van der Waals surface area contributed by atoms with E-state index in [1.807, 2.05) is 0 Å². The summed E-state index contributed by atoms with van der Waals surface area (Å²) >= 11 is 0. The van der Waals surface area contributed by atoms with Crippen molar-refractivity contribution in [2.75, 3.05) is 13.1 Å². The van der Waals surface area contributed by atoms with Crippen LogP contribution in [0.15, 0.2) is 23.1 Å². The molecule has 1 aliphatic rings. The van der Waals surface area contributed by atoms with Gasteiger partial charge in [-0.3, -0.25) is 4.79 Å². The van der Waals surface area contributed by atoms with E-state index in [0.717, 1.165) is 18.5 Å². The van der Waals surface area contributed by atoms with Gasteiger partial charge >= 0.3 is 6.09 Å². The summed E-state index contributed by atoms with van der Waals surface area (Å²) in [6, 6.07) is 3.30. The lowest BCUT2D eigenvalue weighted by Crippen LogP contribution is -2.37. The quantitative estimate of drug-likeness (QED) is 0.798. The van der Waals surface area contributed by atoms with Crippen molar-refractivity contribution in [1.29, 1.82) is 0 Å². The maximum absolute atomic E-state index is 11.9. The number of carboxylic acid groups (broad SMARTS) is 1. The molecule has 0 radical (unpaired) electrons. The number of fused-ring (bicyclic) bond motifs is 1. The van der Waals surface area contributed by atoms with Gasteiger partial charge in [0.25, 0.3) is 5.56 Å². The van der Waals surface area contributed by atoms with Crippen LogP contribution in [0.3, 0.4) is 0 Å². The zero-order valence-electron chi connectivity index (χ0n) is 10.2. The second-order valence-corrected chi connectivity index (χ2v) is 4.74. The second-order valence-electron chi connectivity index (χ2n) is 4.74. The third kappa shape index (κ3) is 2.07. The fraction of sp³-hybridized carbons (Fsp3) is 0.417. The first-order valence-corrected chi connectivity index (χ1v) is 6.20. The Bertz CT molecular complexity index is 667. The Morgan fingerprint density at radius 3 is 2.84 bits per heavy atom. The Kier molecular flexibility index (Phi) is 2.73. The van der Waals surface area contributed by atoms with E-state index in [9.17, 15) is 9.59 Å². The van der Waals surface area contributed by atoms with Crippen LogP contribution in [0.1, 0.15) is 24.5 Å². The smallest absolute Gasteiger partial charge is 0.407 e. The van der Waals surface area contributed by atoms with Crippen molar-refractivity contribution < 1.29 is 9.90 Å². The molecule has 1 saturated heterocycles. The number of hydrogen-bond acceptors (Lipinski definition) is 3. The molecule has 0 spiro atoms. The summed E-state index contributed by atoms with van der Waals surface area (Å²) in [5.74, 6) is 0.197. The number of likely N-dealkylation sites (tertiary alicyclic amines) is 1. The van der Waals surface area contributed by atoms with E-state index in [4.69, 9.17) is 5.11 Å². The second kappa shape index (κ2) is 4.42. The molecule has 2 N–H and O–H groups in total. The predicted octanol–water partition coefficient (Wildman–Crippen LogP) is 0.880. The maximum atomic E-state index is 11.9. The molecule has 0 aromatic carbocycles. The molecule has 1 amide bonds. The van der Waals surface area contributed by atoms with Crippen LogP contribution in [0.4, 0.5) is 4.79 Å². The van der Waals surface area contributed by atoms with Crippen molar-refractivity contribution in [3.63, 3.8) is 0 Å². The Balaban J connectivity index is 1.85. The minimum absolute atomic E-state index is 0.158. The maximum Gasteiger partial charge on any atom is 0.407 e. The van der Waals surface area contributed by atoms with Crippen LogP contribution in [-0.2, 0) is 0 Å². The van der Waals surface area contributed by atoms with E-state index in [1.165, 1.54) is 9.42 Å². The molecule has 7 heteroatoms. The van der Waals surface area contributed by atoms with Crippen molar-refractivity contribution in [3.05, 3.63) is 34.4 Å². The Morgan fingerprint density at radius 2 is 2.16 bits per heavy atom. The van der Waals surface area contributed by atoms with Crippen LogP contribution < -0.4 is 5.56 Å². The lowest BCUT2D eigenvalue weighted by Gasteiger charge is -2.29. The normalized spacial score (nSPS) is 16.9. The highest BCUT2D eigenvalue weighted by Crippen LogP contribution is 2.26.